The van der Waals surface area contributed by atoms with Crippen LogP contribution >= 0.6 is 0 Å². The Morgan fingerprint density at radius 2 is 1.27 bits per heavy atom. The summed E-state index contributed by atoms with van der Waals surface area (Å²) in [5, 5.41) is 5.78. The minimum Gasteiger partial charge on any atom is -0.441 e. The summed E-state index contributed by atoms with van der Waals surface area (Å²) < 4.78 is 6.80. The van der Waals surface area contributed by atoms with Crippen LogP contribution in [0, 0.1) is 0 Å². The van der Waals surface area contributed by atoms with Crippen molar-refractivity contribution in [3.63, 3.8) is 0 Å². The summed E-state index contributed by atoms with van der Waals surface area (Å²) in [5.74, 6) is -1.52. The summed E-state index contributed by atoms with van der Waals surface area (Å²) in [6, 6.07) is 17.9. The summed E-state index contributed by atoms with van der Waals surface area (Å²) in [5.41, 5.74) is 8.70. The lowest BCUT2D eigenvalue weighted by Crippen LogP contribution is -2.67. The highest BCUT2D eigenvalue weighted by atomic mass is 28.3. The summed E-state index contributed by atoms with van der Waals surface area (Å²) >= 11 is 0. The maximum atomic E-state index is 14.1. The van der Waals surface area contributed by atoms with E-state index < -0.39 is 19.6 Å². The third kappa shape index (κ3) is 4.30. The van der Waals surface area contributed by atoms with E-state index in [9.17, 15) is 19.2 Å². The lowest BCUT2D eigenvalue weighted by Gasteiger charge is -2.49. The van der Waals surface area contributed by atoms with Gasteiger partial charge in [-0.2, -0.15) is 0 Å². The maximum absolute atomic E-state index is 14.1. The largest absolute Gasteiger partial charge is 0.441 e. The Morgan fingerprint density at radius 3 is 1.85 bits per heavy atom. The van der Waals surface area contributed by atoms with Gasteiger partial charge in [-0.1, -0.05) is 49.6 Å². The average Bonchev–Trinajstić information content (AvgIpc) is 3.60. The van der Waals surface area contributed by atoms with E-state index in [4.69, 9.17) is 4.74 Å². The van der Waals surface area contributed by atoms with Crippen LogP contribution in [0.2, 0.25) is 12.1 Å². The number of carbonyl (C=O) groups is 4. The molecule has 0 aromatic heterocycles. The zero-order valence-corrected chi connectivity index (χ0v) is 28.3. The Hall–Kier alpha value is -4.30. The third-order valence-electron chi connectivity index (χ3n) is 12.1. The highest BCUT2D eigenvalue weighted by molar-refractivity contribution is 7.03. The number of ether oxygens (including phenoxy) is 1. The first-order valence-electron chi connectivity index (χ1n) is 17.9. The highest BCUT2D eigenvalue weighted by Crippen LogP contribution is 2.52. The highest BCUT2D eigenvalue weighted by Gasteiger charge is 2.59. The molecule has 0 bridgehead atoms. The van der Waals surface area contributed by atoms with Crippen LogP contribution < -0.4 is 15.7 Å². The summed E-state index contributed by atoms with van der Waals surface area (Å²) in [6.45, 7) is 0.202. The van der Waals surface area contributed by atoms with E-state index in [0.717, 1.165) is 36.1 Å². The fraction of sp³-hybridized carbons (Fsp3) is 0.400. The van der Waals surface area contributed by atoms with Gasteiger partial charge in [-0.15, -0.1) is 0 Å². The molecule has 4 aliphatic heterocycles. The molecule has 3 aromatic rings. The number of hydrogen-bond donors (Lipinski definition) is 1. The third-order valence-corrected chi connectivity index (χ3v) is 17.4. The number of carbonyl (C=O) groups excluding carboxylic acids is 4. The average molecular weight is 657 g/mol. The van der Waals surface area contributed by atoms with Crippen LogP contribution in [0.3, 0.4) is 0 Å². The van der Waals surface area contributed by atoms with Crippen molar-refractivity contribution in [1.82, 2.24) is 10.2 Å². The van der Waals surface area contributed by atoms with Crippen molar-refractivity contribution in [1.29, 1.82) is 0 Å². The first-order valence-corrected chi connectivity index (χ1v) is 20.3. The minimum absolute atomic E-state index is 0.0837. The van der Waals surface area contributed by atoms with Crippen molar-refractivity contribution in [3.05, 3.63) is 105 Å². The number of nitrogens with one attached hydrogen (secondary N) is 1. The number of hydrogen-bond acceptors (Lipinski definition) is 5. The molecule has 0 unspecified atom stereocenters. The Kier molecular flexibility index (Phi) is 6.91. The number of amides is 3. The van der Waals surface area contributed by atoms with E-state index in [-0.39, 0.29) is 30.8 Å². The minimum atomic E-state index is -2.14. The Bertz CT molecular complexity index is 1880. The van der Waals surface area contributed by atoms with Crippen LogP contribution in [0.4, 0.5) is 0 Å². The summed E-state index contributed by atoms with van der Waals surface area (Å²) in [6.07, 6.45) is 15.4. The maximum Gasteiger partial charge on any atom is 0.340 e. The second-order valence-electron chi connectivity index (χ2n) is 14.6. The van der Waals surface area contributed by atoms with Crippen molar-refractivity contribution in [2.24, 2.45) is 0 Å². The van der Waals surface area contributed by atoms with Gasteiger partial charge in [0.25, 0.3) is 17.7 Å². The van der Waals surface area contributed by atoms with Crippen molar-refractivity contribution >= 4 is 42.1 Å². The molecule has 2 spiro atoms. The van der Waals surface area contributed by atoms with Gasteiger partial charge >= 0.3 is 5.97 Å². The quantitative estimate of drug-likeness (QED) is 0.252. The SMILES string of the molecule is O=C(NCCN1C(=O)C=CC1=O)c1ccc2c(c1)C(=O)OC21c2cc3c(cc2[Si]2(CCCCC2)c2cc4c(cc21)CCCC4)CCCC3. The molecule has 6 aliphatic rings. The van der Waals surface area contributed by atoms with Crippen molar-refractivity contribution in [2.45, 2.75) is 88.3 Å². The summed E-state index contributed by atoms with van der Waals surface area (Å²) in [7, 11) is -2.14. The lowest BCUT2D eigenvalue weighted by atomic mass is 9.75. The number of imide groups is 1. The molecule has 3 aromatic carbocycles. The molecule has 8 heteroatoms. The van der Waals surface area contributed by atoms with Crippen LogP contribution in [-0.4, -0.2) is 49.8 Å². The van der Waals surface area contributed by atoms with Crippen LogP contribution in [0.15, 0.2) is 54.6 Å². The van der Waals surface area contributed by atoms with Crippen LogP contribution in [0.25, 0.3) is 0 Å². The number of nitrogens with zero attached hydrogens (tertiary/aromatic N) is 1. The molecule has 0 radical (unpaired) electrons. The molecule has 9 rings (SSSR count). The van der Waals surface area contributed by atoms with Gasteiger partial charge in [-0.25, -0.2) is 4.79 Å². The lowest BCUT2D eigenvalue weighted by molar-refractivity contribution is -0.136. The molecular formula is C40H40N2O5Si. The number of rotatable bonds is 4. The van der Waals surface area contributed by atoms with E-state index >= 15 is 0 Å². The molecule has 1 saturated heterocycles. The van der Waals surface area contributed by atoms with E-state index in [1.807, 2.05) is 6.07 Å². The second kappa shape index (κ2) is 11.1. The summed E-state index contributed by atoms with van der Waals surface area (Å²) in [4.78, 5) is 52.4. The van der Waals surface area contributed by atoms with Gasteiger partial charge in [-0.05, 0) is 108 Å². The standard InChI is InChI=1S/C40H40N2O5Si/c43-36-14-15-37(44)42(36)17-16-41-38(45)29-12-13-31-30(20-29)39(46)47-40(31)32-21-25-8-2-4-10-27(25)23-34(32)48(18-6-1-7-19-48)35-24-28-11-5-3-9-26(28)22-33(35)40/h12-15,20-24H,1-11,16-19H2,(H,41,45). The predicted molar refractivity (Wildman–Crippen MR) is 185 cm³/mol. The molecule has 1 N–H and O–H groups in total. The fourth-order valence-corrected chi connectivity index (χ4v) is 15.5. The van der Waals surface area contributed by atoms with Crippen molar-refractivity contribution in [3.8, 4) is 0 Å². The molecule has 2 aliphatic carbocycles. The topological polar surface area (TPSA) is 92.8 Å². The number of fused-ring (bicyclic) bond motifs is 10. The normalized spacial score (nSPS) is 21.0. The van der Waals surface area contributed by atoms with Gasteiger partial charge in [0.2, 0.25) is 0 Å². The zero-order chi connectivity index (χ0) is 32.6. The van der Waals surface area contributed by atoms with E-state index in [1.165, 1.54) is 113 Å². The van der Waals surface area contributed by atoms with Crippen LogP contribution in [0.5, 0.6) is 0 Å². The molecular weight excluding hydrogens is 617 g/mol. The van der Waals surface area contributed by atoms with Gasteiger partial charge in [0, 0.05) is 47.5 Å². The molecule has 1 fully saturated rings. The smallest absolute Gasteiger partial charge is 0.340 e. The molecule has 244 valence electrons. The molecule has 48 heavy (non-hydrogen) atoms. The molecule has 0 atom stereocenters. The number of esters is 1. The molecule has 4 heterocycles. The first-order chi connectivity index (χ1) is 23.4. The van der Waals surface area contributed by atoms with Crippen LogP contribution in [-0.2, 0) is 45.6 Å². The predicted octanol–water partition coefficient (Wildman–Crippen LogP) is 4.62. The number of aryl methyl sites for hydroxylation is 4. The first kappa shape index (κ1) is 29.8. The van der Waals surface area contributed by atoms with E-state index in [1.54, 1.807) is 12.1 Å². The van der Waals surface area contributed by atoms with Crippen molar-refractivity contribution in [2.75, 3.05) is 13.1 Å². The van der Waals surface area contributed by atoms with Gasteiger partial charge in [-0.3, -0.25) is 19.3 Å². The molecule has 0 saturated carbocycles. The Morgan fingerprint density at radius 1 is 0.708 bits per heavy atom. The Balaban J connectivity index is 1.18. The second-order valence-corrected chi connectivity index (χ2v) is 18.9. The molecule has 7 nitrogen and oxygen atoms in total. The van der Waals surface area contributed by atoms with Gasteiger partial charge in [0.15, 0.2) is 5.60 Å². The van der Waals surface area contributed by atoms with E-state index in [2.05, 4.69) is 29.6 Å². The van der Waals surface area contributed by atoms with E-state index in [0.29, 0.717) is 11.1 Å². The van der Waals surface area contributed by atoms with Gasteiger partial charge in [0.05, 0.1) is 5.56 Å². The molecule has 3 amide bonds. The van der Waals surface area contributed by atoms with Crippen LogP contribution in [0.1, 0.15) is 105 Å². The monoisotopic (exact) mass is 656 g/mol. The number of benzene rings is 3. The van der Waals surface area contributed by atoms with Gasteiger partial charge < -0.3 is 10.1 Å². The Labute approximate surface area is 281 Å². The zero-order valence-electron chi connectivity index (χ0n) is 27.3. The van der Waals surface area contributed by atoms with Gasteiger partial charge in [0.1, 0.15) is 8.07 Å². The fourth-order valence-electron chi connectivity index (χ4n) is 9.78. The van der Waals surface area contributed by atoms with Crippen molar-refractivity contribution < 1.29 is 23.9 Å².